The predicted molar refractivity (Wildman–Crippen MR) is 117 cm³/mol. The minimum atomic E-state index is -4.81. The lowest BCUT2D eigenvalue weighted by molar-refractivity contribution is -0.187. The van der Waals surface area contributed by atoms with E-state index in [4.69, 9.17) is 13.9 Å². The van der Waals surface area contributed by atoms with Crippen LogP contribution in [-0.2, 0) is 27.9 Å². The van der Waals surface area contributed by atoms with Gasteiger partial charge in [-0.1, -0.05) is 30.3 Å². The molecule has 182 valence electrons. The molecule has 0 spiro atoms. The highest BCUT2D eigenvalue weighted by atomic mass is 28.4. The number of alkyl halides is 5. The van der Waals surface area contributed by atoms with Crippen LogP contribution in [0.25, 0.3) is 0 Å². The third-order valence-electron chi connectivity index (χ3n) is 5.02. The molecule has 0 aromatic heterocycles. The summed E-state index contributed by atoms with van der Waals surface area (Å²) in [6.45, 7) is 6.12. The normalized spacial score (nSPS) is 17.1. The SMILES string of the molecule is C[Si](C)(C)OC(N1CCOCC1)C(F)(F)c1cc(OCc2ccccc2)cc(C(F)(F)F)c1. The fourth-order valence-electron chi connectivity index (χ4n) is 3.45. The second-order valence-corrected chi connectivity index (χ2v) is 13.3. The molecule has 1 heterocycles. The highest BCUT2D eigenvalue weighted by molar-refractivity contribution is 6.69. The van der Waals surface area contributed by atoms with Crippen molar-refractivity contribution in [3.05, 3.63) is 65.2 Å². The van der Waals surface area contributed by atoms with Crippen molar-refractivity contribution < 1.29 is 35.9 Å². The van der Waals surface area contributed by atoms with E-state index in [0.29, 0.717) is 11.6 Å². The van der Waals surface area contributed by atoms with Gasteiger partial charge < -0.3 is 13.9 Å². The molecule has 1 atom stereocenters. The summed E-state index contributed by atoms with van der Waals surface area (Å²) in [6.07, 6.45) is -6.52. The van der Waals surface area contributed by atoms with E-state index >= 15 is 8.78 Å². The second-order valence-electron chi connectivity index (χ2n) is 8.87. The first-order chi connectivity index (χ1) is 15.4. The zero-order valence-electron chi connectivity index (χ0n) is 18.8. The number of benzene rings is 2. The van der Waals surface area contributed by atoms with Crippen molar-refractivity contribution in [1.29, 1.82) is 0 Å². The third kappa shape index (κ3) is 6.99. The van der Waals surface area contributed by atoms with Crippen LogP contribution in [0.15, 0.2) is 48.5 Å². The average molecular weight is 490 g/mol. The molecule has 0 amide bonds. The van der Waals surface area contributed by atoms with Gasteiger partial charge in [-0.3, -0.25) is 4.90 Å². The van der Waals surface area contributed by atoms with Crippen LogP contribution in [0.1, 0.15) is 16.7 Å². The summed E-state index contributed by atoms with van der Waals surface area (Å²) in [7, 11) is -2.49. The fraction of sp³-hybridized carbons (Fsp3) is 0.478. The van der Waals surface area contributed by atoms with Gasteiger partial charge in [0.2, 0.25) is 0 Å². The molecule has 1 aliphatic heterocycles. The number of halogens is 5. The van der Waals surface area contributed by atoms with Crippen molar-refractivity contribution in [1.82, 2.24) is 4.90 Å². The van der Waals surface area contributed by atoms with E-state index in [0.717, 1.165) is 12.1 Å². The van der Waals surface area contributed by atoms with Crippen LogP contribution in [0.4, 0.5) is 22.0 Å². The van der Waals surface area contributed by atoms with Gasteiger partial charge in [-0.05, 0) is 43.4 Å². The van der Waals surface area contributed by atoms with E-state index < -0.39 is 37.8 Å². The van der Waals surface area contributed by atoms with Crippen molar-refractivity contribution in [2.45, 2.75) is 44.6 Å². The van der Waals surface area contributed by atoms with Gasteiger partial charge in [-0.15, -0.1) is 0 Å². The Morgan fingerprint density at radius 3 is 2.12 bits per heavy atom. The number of morpholine rings is 1. The largest absolute Gasteiger partial charge is 0.489 e. The summed E-state index contributed by atoms with van der Waals surface area (Å²) in [5.74, 6) is -4.00. The Bertz CT molecular complexity index is 913. The number of hydrogen-bond donors (Lipinski definition) is 0. The first-order valence-electron chi connectivity index (χ1n) is 10.6. The predicted octanol–water partition coefficient (Wildman–Crippen LogP) is 5.89. The molecule has 4 nitrogen and oxygen atoms in total. The zero-order chi connectivity index (χ0) is 24.3. The van der Waals surface area contributed by atoms with Crippen molar-refractivity contribution in [3.63, 3.8) is 0 Å². The Kier molecular flexibility index (Phi) is 7.82. The van der Waals surface area contributed by atoms with E-state index in [-0.39, 0.29) is 38.7 Å². The topological polar surface area (TPSA) is 30.9 Å². The molecular formula is C23H28F5NO3Si. The van der Waals surface area contributed by atoms with E-state index in [1.165, 1.54) is 4.90 Å². The van der Waals surface area contributed by atoms with Crippen molar-refractivity contribution in [2.24, 2.45) is 0 Å². The lowest BCUT2D eigenvalue weighted by atomic mass is 10.0. The fourth-order valence-corrected chi connectivity index (χ4v) is 4.41. The monoisotopic (exact) mass is 489 g/mol. The first-order valence-corrected chi connectivity index (χ1v) is 14.0. The second kappa shape index (κ2) is 10.1. The van der Waals surface area contributed by atoms with Crippen LogP contribution >= 0.6 is 0 Å². The molecule has 0 saturated carbocycles. The van der Waals surface area contributed by atoms with Crippen molar-refractivity contribution >= 4 is 8.32 Å². The molecule has 0 aliphatic carbocycles. The summed E-state index contributed by atoms with van der Waals surface area (Å²) in [5.41, 5.74) is -1.29. The highest BCUT2D eigenvalue weighted by Gasteiger charge is 2.49. The number of nitrogens with zero attached hydrogens (tertiary/aromatic N) is 1. The molecule has 1 fully saturated rings. The van der Waals surface area contributed by atoms with E-state index in [1.54, 1.807) is 50.0 Å². The molecule has 33 heavy (non-hydrogen) atoms. The Morgan fingerprint density at radius 2 is 1.55 bits per heavy atom. The maximum Gasteiger partial charge on any atom is 0.416 e. The number of hydrogen-bond acceptors (Lipinski definition) is 4. The Hall–Kier alpha value is -2.01. The molecule has 0 radical (unpaired) electrons. The van der Waals surface area contributed by atoms with Crippen LogP contribution in [0.3, 0.4) is 0 Å². The number of ether oxygens (including phenoxy) is 2. The van der Waals surface area contributed by atoms with E-state index in [2.05, 4.69) is 0 Å². The van der Waals surface area contributed by atoms with Gasteiger partial charge in [0.15, 0.2) is 14.5 Å². The van der Waals surface area contributed by atoms with Crippen LogP contribution in [0.2, 0.25) is 19.6 Å². The van der Waals surface area contributed by atoms with E-state index in [9.17, 15) is 13.2 Å². The Morgan fingerprint density at radius 1 is 0.939 bits per heavy atom. The lowest BCUT2D eigenvalue weighted by Crippen LogP contribution is -2.55. The Labute approximate surface area is 191 Å². The number of rotatable bonds is 8. The van der Waals surface area contributed by atoms with Crippen LogP contribution < -0.4 is 4.74 Å². The average Bonchev–Trinajstić information content (AvgIpc) is 2.76. The highest BCUT2D eigenvalue weighted by Crippen LogP contribution is 2.42. The van der Waals surface area contributed by atoms with Gasteiger partial charge in [0.1, 0.15) is 12.4 Å². The van der Waals surface area contributed by atoms with Gasteiger partial charge in [0.05, 0.1) is 18.8 Å². The molecule has 1 unspecified atom stereocenters. The van der Waals surface area contributed by atoms with Crippen LogP contribution in [0.5, 0.6) is 5.75 Å². The van der Waals surface area contributed by atoms with Crippen molar-refractivity contribution in [3.8, 4) is 5.75 Å². The molecule has 2 aromatic rings. The van der Waals surface area contributed by atoms with Crippen LogP contribution in [0, 0.1) is 0 Å². The van der Waals surface area contributed by atoms with Gasteiger partial charge in [-0.25, -0.2) is 0 Å². The summed E-state index contributed by atoms with van der Waals surface area (Å²) < 4.78 is 89.0. The summed E-state index contributed by atoms with van der Waals surface area (Å²) in [5, 5.41) is 0. The maximum absolute atomic E-state index is 15.8. The standard InChI is InChI=1S/C23H28F5NO3Si/c1-33(2,3)32-21(29-9-11-30-12-10-29)22(24,25)18-13-19(23(26,27)28)15-20(14-18)31-16-17-7-5-4-6-8-17/h4-8,13-15,21H,9-12,16H2,1-3H3. The third-order valence-corrected chi connectivity index (χ3v) is 5.95. The molecule has 3 rings (SSSR count). The molecule has 1 aliphatic rings. The molecule has 0 bridgehead atoms. The van der Waals surface area contributed by atoms with Crippen molar-refractivity contribution in [2.75, 3.05) is 26.3 Å². The lowest BCUT2D eigenvalue weighted by Gasteiger charge is -2.41. The van der Waals surface area contributed by atoms with Gasteiger partial charge >= 0.3 is 12.1 Å². The summed E-state index contributed by atoms with van der Waals surface area (Å²) in [4.78, 5) is 1.44. The summed E-state index contributed by atoms with van der Waals surface area (Å²) in [6, 6.07) is 11.0. The molecular weight excluding hydrogens is 461 g/mol. The summed E-state index contributed by atoms with van der Waals surface area (Å²) >= 11 is 0. The molecule has 1 saturated heterocycles. The zero-order valence-corrected chi connectivity index (χ0v) is 19.8. The smallest absolute Gasteiger partial charge is 0.416 e. The van der Waals surface area contributed by atoms with Gasteiger partial charge in [0.25, 0.3) is 0 Å². The molecule has 10 heteroatoms. The quantitative estimate of drug-likeness (QED) is 0.342. The van der Waals surface area contributed by atoms with Gasteiger partial charge in [-0.2, -0.15) is 22.0 Å². The maximum atomic E-state index is 15.8. The van der Waals surface area contributed by atoms with Gasteiger partial charge in [0, 0.05) is 18.7 Å². The molecule has 2 aromatic carbocycles. The first kappa shape index (κ1) is 25.6. The van der Waals surface area contributed by atoms with Crippen LogP contribution in [-0.4, -0.2) is 45.7 Å². The Balaban J connectivity index is 1.98. The minimum Gasteiger partial charge on any atom is -0.489 e. The minimum absolute atomic E-state index is 0.0501. The molecule has 0 N–H and O–H groups in total. The van der Waals surface area contributed by atoms with E-state index in [1.807, 2.05) is 0 Å².